The minimum Gasteiger partial charge on any atom is -0.454 e. The zero-order chi connectivity index (χ0) is 20.6. The molecule has 0 aliphatic heterocycles. The van der Waals surface area contributed by atoms with Gasteiger partial charge in [-0.1, -0.05) is 30.3 Å². The number of amides is 1. The average Bonchev–Trinajstić information content (AvgIpc) is 3.14. The lowest BCUT2D eigenvalue weighted by Crippen LogP contribution is -2.47. The molecule has 9 heteroatoms. The molecule has 0 spiro atoms. The minimum absolute atomic E-state index is 0.563. The molecule has 150 valence electrons. The van der Waals surface area contributed by atoms with Gasteiger partial charge in [0.1, 0.15) is 11.6 Å². The van der Waals surface area contributed by atoms with Crippen molar-refractivity contribution < 1.29 is 22.7 Å². The largest absolute Gasteiger partial charge is 0.454 e. The van der Waals surface area contributed by atoms with Crippen LogP contribution in [0.4, 0.5) is 0 Å². The number of rotatable bonds is 8. The van der Waals surface area contributed by atoms with Crippen molar-refractivity contribution in [3.05, 3.63) is 41.3 Å². The highest BCUT2D eigenvalue weighted by Gasteiger charge is 2.35. The third kappa shape index (κ3) is 6.48. The second-order valence-electron chi connectivity index (χ2n) is 6.65. The summed E-state index contributed by atoms with van der Waals surface area (Å²) in [6, 6.07) is 9.76. The summed E-state index contributed by atoms with van der Waals surface area (Å²) in [4.78, 5) is 23.9. The number of hydrogen-bond donors (Lipinski definition) is 2. The van der Waals surface area contributed by atoms with Crippen molar-refractivity contribution in [2.24, 2.45) is 0 Å². The van der Waals surface area contributed by atoms with Crippen molar-refractivity contribution in [3.63, 3.8) is 0 Å². The number of nitrogens with one attached hydrogen (secondary N) is 2. The number of carbonyl (C=O) groups excluding carboxylic acids is 2. The number of ether oxygens (including phenoxy) is 1. The van der Waals surface area contributed by atoms with Crippen LogP contribution in [0.2, 0.25) is 0 Å². The van der Waals surface area contributed by atoms with E-state index in [2.05, 4.69) is 16.1 Å². The Morgan fingerprint density at radius 1 is 1.29 bits per heavy atom. The fourth-order valence-electron chi connectivity index (χ4n) is 2.87. The van der Waals surface area contributed by atoms with Gasteiger partial charge in [0, 0.05) is 5.41 Å². The molecule has 1 fully saturated rings. The van der Waals surface area contributed by atoms with Gasteiger partial charge >= 0.3 is 5.97 Å². The summed E-state index contributed by atoms with van der Waals surface area (Å²) in [7, 11) is -3.87. The lowest BCUT2D eigenvalue weighted by molar-refractivity contribution is -0.150. The summed E-state index contributed by atoms with van der Waals surface area (Å²) in [6.07, 6.45) is 4.23. The van der Waals surface area contributed by atoms with E-state index in [9.17, 15) is 23.3 Å². The quantitative estimate of drug-likeness (QED) is 0.631. The third-order valence-corrected chi connectivity index (χ3v) is 5.51. The van der Waals surface area contributed by atoms with Crippen LogP contribution in [0, 0.1) is 11.3 Å². The summed E-state index contributed by atoms with van der Waals surface area (Å²) < 4.78 is 31.1. The van der Waals surface area contributed by atoms with E-state index < -0.39 is 40.1 Å². The molecule has 8 nitrogen and oxygen atoms in total. The van der Waals surface area contributed by atoms with Gasteiger partial charge in [-0.25, -0.2) is 8.42 Å². The van der Waals surface area contributed by atoms with Gasteiger partial charge in [0.15, 0.2) is 6.61 Å². The first-order valence-corrected chi connectivity index (χ1v) is 10.4. The molecule has 2 rings (SSSR count). The predicted octanol–water partition coefficient (Wildman–Crippen LogP) is 1.46. The minimum atomic E-state index is -3.87. The third-order valence-electron chi connectivity index (χ3n) is 4.33. The van der Waals surface area contributed by atoms with E-state index in [0.717, 1.165) is 18.2 Å². The Balaban J connectivity index is 1.82. The van der Waals surface area contributed by atoms with Gasteiger partial charge in [-0.3, -0.25) is 9.59 Å². The second kappa shape index (κ2) is 9.48. The maximum atomic E-state index is 12.0. The van der Waals surface area contributed by atoms with E-state index in [4.69, 9.17) is 4.74 Å². The van der Waals surface area contributed by atoms with Crippen molar-refractivity contribution in [2.45, 2.75) is 44.2 Å². The Bertz CT molecular complexity index is 869. The van der Waals surface area contributed by atoms with Gasteiger partial charge in [0.2, 0.25) is 10.0 Å². The molecule has 28 heavy (non-hydrogen) atoms. The van der Waals surface area contributed by atoms with Gasteiger partial charge in [-0.2, -0.15) is 9.98 Å². The van der Waals surface area contributed by atoms with Crippen molar-refractivity contribution in [2.75, 3.05) is 6.61 Å². The fourth-order valence-corrected chi connectivity index (χ4v) is 3.88. The summed E-state index contributed by atoms with van der Waals surface area (Å²) in [6.45, 7) is 0.746. The van der Waals surface area contributed by atoms with Crippen LogP contribution in [0.5, 0.6) is 0 Å². The van der Waals surface area contributed by atoms with Crippen LogP contribution < -0.4 is 10.0 Å². The summed E-state index contributed by atoms with van der Waals surface area (Å²) in [5.41, 5.74) is -0.211. The van der Waals surface area contributed by atoms with E-state index >= 15 is 0 Å². The topological polar surface area (TPSA) is 125 Å². The molecule has 0 unspecified atom stereocenters. The van der Waals surface area contributed by atoms with Gasteiger partial charge in [0.05, 0.1) is 6.07 Å². The van der Waals surface area contributed by atoms with Gasteiger partial charge in [-0.05, 0) is 44.2 Å². The van der Waals surface area contributed by atoms with Crippen molar-refractivity contribution in [3.8, 4) is 6.07 Å². The molecule has 0 radical (unpaired) electrons. The zero-order valence-electron chi connectivity index (χ0n) is 15.6. The molecule has 0 saturated heterocycles. The Hall–Kier alpha value is -2.70. The normalized spacial score (nSPS) is 17.0. The van der Waals surface area contributed by atoms with Crippen LogP contribution in [0.25, 0.3) is 6.08 Å². The first-order chi connectivity index (χ1) is 13.3. The molecule has 1 aromatic carbocycles. The predicted molar refractivity (Wildman–Crippen MR) is 103 cm³/mol. The molecule has 1 aliphatic carbocycles. The first-order valence-electron chi connectivity index (χ1n) is 8.90. The van der Waals surface area contributed by atoms with E-state index in [1.807, 2.05) is 6.07 Å². The number of hydrogen-bond acceptors (Lipinski definition) is 6. The number of benzene rings is 1. The highest BCUT2D eigenvalue weighted by molar-refractivity contribution is 7.92. The van der Waals surface area contributed by atoms with Gasteiger partial charge in [-0.15, -0.1) is 0 Å². The van der Waals surface area contributed by atoms with Crippen LogP contribution in [0.3, 0.4) is 0 Å². The lowest BCUT2D eigenvalue weighted by Gasteiger charge is -2.22. The van der Waals surface area contributed by atoms with Crippen LogP contribution >= 0.6 is 0 Å². The summed E-state index contributed by atoms with van der Waals surface area (Å²) >= 11 is 0. The van der Waals surface area contributed by atoms with Crippen molar-refractivity contribution in [1.29, 1.82) is 5.26 Å². The van der Waals surface area contributed by atoms with Gasteiger partial charge < -0.3 is 10.1 Å². The van der Waals surface area contributed by atoms with Crippen molar-refractivity contribution in [1.82, 2.24) is 10.0 Å². The molecule has 0 bridgehead atoms. The SMILES string of the molecule is C[C@H](NS(=O)(=O)/C=C/c1ccccc1)C(=O)OCC(=O)NC1(C#N)CCCC1. The zero-order valence-corrected chi connectivity index (χ0v) is 16.4. The molecular formula is C19H23N3O5S. The molecule has 1 aromatic rings. The Labute approximate surface area is 164 Å². The van der Waals surface area contributed by atoms with Gasteiger partial charge in [0.25, 0.3) is 5.91 Å². The van der Waals surface area contributed by atoms with Crippen LogP contribution in [-0.2, 0) is 24.3 Å². The summed E-state index contributed by atoms with van der Waals surface area (Å²) in [5, 5.41) is 12.8. The maximum Gasteiger partial charge on any atom is 0.324 e. The first kappa shape index (κ1) is 21.6. The molecule has 0 aromatic heterocycles. The Kier molecular flexibility index (Phi) is 7.31. The smallest absolute Gasteiger partial charge is 0.324 e. The van der Waals surface area contributed by atoms with Crippen LogP contribution in [0.15, 0.2) is 35.7 Å². The van der Waals surface area contributed by atoms with Crippen LogP contribution in [0.1, 0.15) is 38.2 Å². The number of nitriles is 1. The molecule has 1 aliphatic rings. The van der Waals surface area contributed by atoms with Crippen LogP contribution in [-0.4, -0.2) is 38.5 Å². The number of carbonyl (C=O) groups is 2. The fraction of sp³-hybridized carbons (Fsp3) is 0.421. The highest BCUT2D eigenvalue weighted by atomic mass is 32.2. The second-order valence-corrected chi connectivity index (χ2v) is 8.25. The summed E-state index contributed by atoms with van der Waals surface area (Å²) in [5.74, 6) is -1.47. The van der Waals surface area contributed by atoms with E-state index in [1.54, 1.807) is 24.3 Å². The molecule has 0 heterocycles. The molecular weight excluding hydrogens is 382 g/mol. The number of esters is 1. The molecule has 1 amide bonds. The van der Waals surface area contributed by atoms with Crippen molar-refractivity contribution >= 4 is 28.0 Å². The number of nitrogens with zero attached hydrogens (tertiary/aromatic N) is 1. The maximum absolute atomic E-state index is 12.0. The molecule has 1 saturated carbocycles. The highest BCUT2D eigenvalue weighted by Crippen LogP contribution is 2.28. The lowest BCUT2D eigenvalue weighted by atomic mass is 10.00. The molecule has 2 N–H and O–H groups in total. The van der Waals surface area contributed by atoms with E-state index in [-0.39, 0.29) is 0 Å². The Morgan fingerprint density at radius 2 is 1.93 bits per heavy atom. The number of sulfonamides is 1. The average molecular weight is 405 g/mol. The van der Waals surface area contributed by atoms with E-state index in [0.29, 0.717) is 18.4 Å². The molecule has 1 atom stereocenters. The van der Waals surface area contributed by atoms with E-state index in [1.165, 1.54) is 13.0 Å². The monoisotopic (exact) mass is 405 g/mol. The Morgan fingerprint density at radius 3 is 2.54 bits per heavy atom. The standard InChI is InChI=1S/C19H23N3O5S/c1-15(22-28(25,26)12-9-16-7-3-2-4-8-16)18(24)27-13-17(23)21-19(14-20)10-5-6-11-19/h2-4,7-9,12,15,22H,5-6,10-11,13H2,1H3,(H,21,23)/b12-9+/t15-/m0/s1.